The molecule has 70 valence electrons. The van der Waals surface area contributed by atoms with E-state index in [4.69, 9.17) is 22.1 Å². The molecule has 1 saturated heterocycles. The van der Waals surface area contributed by atoms with Gasteiger partial charge in [0.15, 0.2) is 0 Å². The van der Waals surface area contributed by atoms with Crippen molar-refractivity contribution in [1.29, 1.82) is 0 Å². The largest absolute Gasteiger partial charge is 0.380 e. The lowest BCUT2D eigenvalue weighted by Crippen LogP contribution is -2.25. The lowest BCUT2D eigenvalue weighted by atomic mass is 9.99. The van der Waals surface area contributed by atoms with Gasteiger partial charge < -0.3 is 10.5 Å². The van der Waals surface area contributed by atoms with Crippen molar-refractivity contribution in [1.82, 2.24) is 4.98 Å². The Balaban J connectivity index is 2.24. The summed E-state index contributed by atoms with van der Waals surface area (Å²) in [4.78, 5) is 4.19. The summed E-state index contributed by atoms with van der Waals surface area (Å²) in [7, 11) is 0. The molecule has 2 rings (SSSR count). The molecule has 1 aromatic rings. The monoisotopic (exact) mass is 198 g/mol. The molecule has 4 heteroatoms. The predicted octanol–water partition coefficient (Wildman–Crippen LogP) is 1.31. The molecular weight excluding hydrogens is 188 g/mol. The summed E-state index contributed by atoms with van der Waals surface area (Å²) in [5, 5.41) is 0.659. The molecule has 0 spiro atoms. The minimum Gasteiger partial charge on any atom is -0.380 e. The number of rotatable bonds is 2. The van der Waals surface area contributed by atoms with Gasteiger partial charge in [0.1, 0.15) is 0 Å². The smallest absolute Gasteiger partial charge is 0.0725 e. The summed E-state index contributed by atoms with van der Waals surface area (Å²) in [5.41, 5.74) is 7.35. The first-order chi connectivity index (χ1) is 6.31. The number of hydrogen-bond acceptors (Lipinski definition) is 3. The summed E-state index contributed by atoms with van der Waals surface area (Å²) in [6, 6.07) is 1.93. The van der Waals surface area contributed by atoms with Crippen LogP contribution in [-0.4, -0.2) is 18.2 Å². The number of aromatic nitrogens is 1. The van der Waals surface area contributed by atoms with Gasteiger partial charge in [-0.3, -0.25) is 4.98 Å². The van der Waals surface area contributed by atoms with Crippen LogP contribution in [0.5, 0.6) is 0 Å². The maximum Gasteiger partial charge on any atom is 0.0725 e. The zero-order chi connectivity index (χ0) is 9.26. The van der Waals surface area contributed by atoms with E-state index in [1.54, 1.807) is 0 Å². The van der Waals surface area contributed by atoms with Crippen LogP contribution in [-0.2, 0) is 11.3 Å². The third-order valence-electron chi connectivity index (χ3n) is 2.24. The molecule has 0 aliphatic carbocycles. The van der Waals surface area contributed by atoms with Gasteiger partial charge >= 0.3 is 0 Å². The van der Waals surface area contributed by atoms with Crippen LogP contribution in [0, 0.1) is 0 Å². The average molecular weight is 199 g/mol. The van der Waals surface area contributed by atoms with Crippen LogP contribution in [0.25, 0.3) is 0 Å². The van der Waals surface area contributed by atoms with Gasteiger partial charge in [-0.2, -0.15) is 0 Å². The van der Waals surface area contributed by atoms with Gasteiger partial charge in [-0.25, -0.2) is 0 Å². The molecule has 0 amide bonds. The summed E-state index contributed by atoms with van der Waals surface area (Å²) < 4.78 is 5.09. The molecule has 0 atom stereocenters. The van der Waals surface area contributed by atoms with E-state index in [0.29, 0.717) is 17.5 Å². The van der Waals surface area contributed by atoms with E-state index >= 15 is 0 Å². The molecule has 1 aliphatic rings. The number of hydrogen-bond donors (Lipinski definition) is 1. The Hall–Kier alpha value is -0.640. The highest BCUT2D eigenvalue weighted by atomic mass is 35.5. The summed E-state index contributed by atoms with van der Waals surface area (Å²) in [5.74, 6) is 0.469. The minimum absolute atomic E-state index is 0.389. The van der Waals surface area contributed by atoms with Crippen LogP contribution in [0.1, 0.15) is 17.2 Å². The molecule has 2 heterocycles. The van der Waals surface area contributed by atoms with Crippen molar-refractivity contribution < 1.29 is 4.74 Å². The minimum atomic E-state index is 0.389. The molecule has 0 aromatic carbocycles. The molecule has 3 nitrogen and oxygen atoms in total. The Labute approximate surface area is 81.9 Å². The highest BCUT2D eigenvalue weighted by Crippen LogP contribution is 2.26. The maximum atomic E-state index is 5.97. The molecule has 0 saturated carbocycles. The zero-order valence-electron chi connectivity index (χ0n) is 7.16. The second kappa shape index (κ2) is 3.62. The van der Waals surface area contributed by atoms with Gasteiger partial charge in [-0.05, 0) is 11.6 Å². The molecule has 1 fully saturated rings. The Morgan fingerprint density at radius 2 is 2.38 bits per heavy atom. The van der Waals surface area contributed by atoms with Crippen molar-refractivity contribution in [3.05, 3.63) is 28.5 Å². The molecule has 1 aromatic heterocycles. The molecule has 13 heavy (non-hydrogen) atoms. The first-order valence-corrected chi connectivity index (χ1v) is 4.61. The summed E-state index contributed by atoms with van der Waals surface area (Å²) in [6.45, 7) is 1.94. The average Bonchev–Trinajstić information content (AvgIpc) is 2.01. The lowest BCUT2D eigenvalue weighted by molar-refractivity contribution is 0.00828. The normalized spacial score (nSPS) is 17.1. The van der Waals surface area contributed by atoms with Crippen molar-refractivity contribution in [2.75, 3.05) is 13.2 Å². The van der Waals surface area contributed by atoms with Crippen molar-refractivity contribution >= 4 is 11.6 Å². The summed E-state index contributed by atoms with van der Waals surface area (Å²) >= 11 is 5.97. The second-order valence-electron chi connectivity index (χ2n) is 3.14. The number of nitrogens with two attached hydrogens (primary N) is 1. The molecule has 0 bridgehead atoms. The van der Waals surface area contributed by atoms with Gasteiger partial charge in [-0.15, -0.1) is 0 Å². The third kappa shape index (κ3) is 1.68. The zero-order valence-corrected chi connectivity index (χ0v) is 7.92. The van der Waals surface area contributed by atoms with E-state index in [1.807, 2.05) is 12.3 Å². The molecule has 0 unspecified atom stereocenters. The van der Waals surface area contributed by atoms with Crippen LogP contribution in [0.3, 0.4) is 0 Å². The number of pyridine rings is 1. The van der Waals surface area contributed by atoms with Crippen LogP contribution in [0.4, 0.5) is 0 Å². The Morgan fingerprint density at radius 1 is 1.62 bits per heavy atom. The van der Waals surface area contributed by atoms with E-state index in [1.165, 1.54) is 0 Å². The lowest BCUT2D eigenvalue weighted by Gasteiger charge is -2.26. The van der Waals surface area contributed by atoms with Gasteiger partial charge in [-0.1, -0.05) is 11.6 Å². The van der Waals surface area contributed by atoms with Crippen LogP contribution in [0.2, 0.25) is 5.02 Å². The van der Waals surface area contributed by atoms with E-state index in [-0.39, 0.29) is 0 Å². The van der Waals surface area contributed by atoms with Crippen molar-refractivity contribution in [2.45, 2.75) is 12.5 Å². The van der Waals surface area contributed by atoms with Gasteiger partial charge in [0.2, 0.25) is 0 Å². The van der Waals surface area contributed by atoms with Gasteiger partial charge in [0.25, 0.3) is 0 Å². The number of halogens is 1. The van der Waals surface area contributed by atoms with E-state index in [0.717, 1.165) is 24.5 Å². The Kier molecular flexibility index (Phi) is 2.49. The predicted molar refractivity (Wildman–Crippen MR) is 50.7 cm³/mol. The maximum absolute atomic E-state index is 5.97. The van der Waals surface area contributed by atoms with Crippen molar-refractivity contribution in [3.8, 4) is 0 Å². The molecule has 0 radical (unpaired) electrons. The van der Waals surface area contributed by atoms with Crippen LogP contribution in [0.15, 0.2) is 12.3 Å². The van der Waals surface area contributed by atoms with Crippen LogP contribution >= 0.6 is 11.6 Å². The van der Waals surface area contributed by atoms with Gasteiger partial charge in [0.05, 0.1) is 23.9 Å². The molecule has 2 N–H and O–H groups in total. The third-order valence-corrected chi connectivity index (χ3v) is 2.57. The Bertz CT molecular complexity index is 312. The van der Waals surface area contributed by atoms with E-state index < -0.39 is 0 Å². The topological polar surface area (TPSA) is 48.1 Å². The van der Waals surface area contributed by atoms with E-state index in [9.17, 15) is 0 Å². The van der Waals surface area contributed by atoms with Crippen molar-refractivity contribution in [2.24, 2.45) is 5.73 Å². The first kappa shape index (κ1) is 8.94. The molecular formula is C9H11ClN2O. The first-order valence-electron chi connectivity index (χ1n) is 4.23. The standard InChI is InChI=1S/C9H11ClN2O/c10-8-1-6(7-4-13-5-7)3-12-9(8)2-11/h1,3,7H,2,4-5,11H2. The van der Waals surface area contributed by atoms with Gasteiger partial charge in [0, 0.05) is 18.7 Å². The van der Waals surface area contributed by atoms with Crippen LogP contribution < -0.4 is 5.73 Å². The summed E-state index contributed by atoms with van der Waals surface area (Å²) in [6.07, 6.45) is 1.83. The fourth-order valence-electron chi connectivity index (χ4n) is 1.28. The number of ether oxygens (including phenoxy) is 1. The fraction of sp³-hybridized carbons (Fsp3) is 0.444. The highest BCUT2D eigenvalue weighted by molar-refractivity contribution is 6.31. The van der Waals surface area contributed by atoms with E-state index in [2.05, 4.69) is 4.98 Å². The highest BCUT2D eigenvalue weighted by Gasteiger charge is 2.21. The fourth-order valence-corrected chi connectivity index (χ4v) is 1.53. The quantitative estimate of drug-likeness (QED) is 0.780. The van der Waals surface area contributed by atoms with Crippen molar-refractivity contribution in [3.63, 3.8) is 0 Å². The molecule has 1 aliphatic heterocycles. The SMILES string of the molecule is NCc1ncc(C2COC2)cc1Cl. The second-order valence-corrected chi connectivity index (χ2v) is 3.54. The Morgan fingerprint density at radius 3 is 2.85 bits per heavy atom. The number of nitrogens with zero attached hydrogens (tertiary/aromatic N) is 1.